The third-order valence-corrected chi connectivity index (χ3v) is 5.00. The molecular formula is C20H18ClN3O4. The number of anilines is 2. The molecule has 1 saturated heterocycles. The van der Waals surface area contributed by atoms with Crippen LogP contribution in [0.1, 0.15) is 12.3 Å². The largest absolute Gasteiger partial charge is 0.495 e. The number of aryl methyl sites for hydroxylation is 1. The van der Waals surface area contributed by atoms with E-state index in [1.54, 1.807) is 48.2 Å². The lowest BCUT2D eigenvalue weighted by molar-refractivity contribution is -0.122. The lowest BCUT2D eigenvalue weighted by Gasteiger charge is -2.16. The molecule has 8 heteroatoms. The van der Waals surface area contributed by atoms with Gasteiger partial charge < -0.3 is 19.4 Å². The fourth-order valence-corrected chi connectivity index (χ4v) is 3.58. The van der Waals surface area contributed by atoms with E-state index in [-0.39, 0.29) is 18.2 Å². The number of hydrogen-bond acceptors (Lipinski definition) is 5. The van der Waals surface area contributed by atoms with Crippen molar-refractivity contribution in [3.8, 4) is 5.75 Å². The zero-order valence-corrected chi connectivity index (χ0v) is 16.1. The highest BCUT2D eigenvalue weighted by Crippen LogP contribution is 2.30. The smallest absolute Gasteiger partial charge is 0.229 e. The van der Waals surface area contributed by atoms with Crippen LogP contribution in [0.2, 0.25) is 5.02 Å². The number of carbonyl (C=O) groups is 2. The molecule has 0 spiro atoms. The number of nitrogens with zero attached hydrogens (tertiary/aromatic N) is 2. The van der Waals surface area contributed by atoms with Crippen LogP contribution >= 0.6 is 11.6 Å². The Balaban J connectivity index is 1.48. The quantitative estimate of drug-likeness (QED) is 0.721. The molecule has 0 saturated carbocycles. The first kappa shape index (κ1) is 18.3. The van der Waals surface area contributed by atoms with E-state index < -0.39 is 5.92 Å². The molecule has 0 unspecified atom stereocenters. The van der Waals surface area contributed by atoms with Crippen LogP contribution in [-0.4, -0.2) is 30.5 Å². The van der Waals surface area contributed by atoms with Gasteiger partial charge in [-0.15, -0.1) is 0 Å². The molecule has 1 atom stereocenters. The van der Waals surface area contributed by atoms with E-state index in [1.807, 2.05) is 0 Å². The molecule has 2 heterocycles. The highest BCUT2D eigenvalue weighted by Gasteiger charge is 2.35. The molecule has 0 aliphatic carbocycles. The Kier molecular flexibility index (Phi) is 4.68. The Morgan fingerprint density at radius 3 is 2.89 bits per heavy atom. The number of oxazole rings is 1. The van der Waals surface area contributed by atoms with Crippen LogP contribution in [0, 0.1) is 12.8 Å². The highest BCUT2D eigenvalue weighted by atomic mass is 35.5. The van der Waals surface area contributed by atoms with Crippen molar-refractivity contribution in [1.82, 2.24) is 4.98 Å². The molecular weight excluding hydrogens is 382 g/mol. The van der Waals surface area contributed by atoms with Gasteiger partial charge in [0.1, 0.15) is 11.3 Å². The Labute approximate surface area is 166 Å². The van der Waals surface area contributed by atoms with Gasteiger partial charge >= 0.3 is 0 Å². The lowest BCUT2D eigenvalue weighted by atomic mass is 10.1. The summed E-state index contributed by atoms with van der Waals surface area (Å²) in [5.74, 6) is 0.307. The van der Waals surface area contributed by atoms with E-state index >= 15 is 0 Å². The predicted molar refractivity (Wildman–Crippen MR) is 106 cm³/mol. The minimum atomic E-state index is -0.455. The molecule has 2 aromatic carbocycles. The molecule has 144 valence electrons. The zero-order chi connectivity index (χ0) is 19.8. The number of rotatable bonds is 4. The molecule has 1 aliphatic rings. The van der Waals surface area contributed by atoms with Crippen LogP contribution in [0.25, 0.3) is 11.1 Å². The number of hydrogen-bond donors (Lipinski definition) is 1. The fraction of sp³-hybridized carbons (Fsp3) is 0.250. The first-order valence-corrected chi connectivity index (χ1v) is 9.14. The summed E-state index contributed by atoms with van der Waals surface area (Å²) in [5, 5.41) is 3.22. The van der Waals surface area contributed by atoms with Gasteiger partial charge in [-0.2, -0.15) is 0 Å². The number of aromatic nitrogens is 1. The van der Waals surface area contributed by atoms with Crippen molar-refractivity contribution in [2.75, 3.05) is 23.9 Å². The van der Waals surface area contributed by atoms with Crippen LogP contribution in [0.3, 0.4) is 0 Å². The highest BCUT2D eigenvalue weighted by molar-refractivity contribution is 6.32. The van der Waals surface area contributed by atoms with Gasteiger partial charge in [0, 0.05) is 31.3 Å². The second-order valence-corrected chi connectivity index (χ2v) is 7.04. The van der Waals surface area contributed by atoms with Gasteiger partial charge in [-0.05, 0) is 36.4 Å². The lowest BCUT2D eigenvalue weighted by Crippen LogP contribution is -2.28. The van der Waals surface area contributed by atoms with Crippen molar-refractivity contribution in [2.45, 2.75) is 13.3 Å². The molecule has 1 aromatic heterocycles. The number of methoxy groups -OCH3 is 1. The molecule has 1 aliphatic heterocycles. The summed E-state index contributed by atoms with van der Waals surface area (Å²) < 4.78 is 10.6. The third-order valence-electron chi connectivity index (χ3n) is 4.70. The number of benzene rings is 2. The fourth-order valence-electron chi connectivity index (χ4n) is 3.32. The number of amides is 2. The number of halogens is 1. The summed E-state index contributed by atoms with van der Waals surface area (Å²) in [6, 6.07) is 10.4. The molecule has 7 nitrogen and oxygen atoms in total. The summed E-state index contributed by atoms with van der Waals surface area (Å²) in [5.41, 5.74) is 2.61. The molecule has 0 radical (unpaired) electrons. The van der Waals surface area contributed by atoms with E-state index in [4.69, 9.17) is 20.8 Å². The summed E-state index contributed by atoms with van der Waals surface area (Å²) in [6.45, 7) is 2.07. The van der Waals surface area contributed by atoms with Gasteiger partial charge in [-0.25, -0.2) is 4.98 Å². The predicted octanol–water partition coefficient (Wildman–Crippen LogP) is 3.79. The van der Waals surface area contributed by atoms with Crippen LogP contribution in [-0.2, 0) is 9.59 Å². The monoisotopic (exact) mass is 399 g/mol. The van der Waals surface area contributed by atoms with E-state index in [0.717, 1.165) is 0 Å². The van der Waals surface area contributed by atoms with Crippen LogP contribution in [0.4, 0.5) is 11.4 Å². The van der Waals surface area contributed by atoms with Crippen molar-refractivity contribution >= 4 is 45.9 Å². The van der Waals surface area contributed by atoms with Gasteiger partial charge in [0.2, 0.25) is 11.8 Å². The number of nitrogens with one attached hydrogen (secondary N) is 1. The maximum Gasteiger partial charge on any atom is 0.229 e. The zero-order valence-electron chi connectivity index (χ0n) is 15.4. The van der Waals surface area contributed by atoms with E-state index in [1.165, 1.54) is 7.11 Å². The van der Waals surface area contributed by atoms with Crippen LogP contribution in [0.5, 0.6) is 5.75 Å². The maximum atomic E-state index is 12.6. The maximum absolute atomic E-state index is 12.6. The van der Waals surface area contributed by atoms with Crippen molar-refractivity contribution < 1.29 is 18.7 Å². The van der Waals surface area contributed by atoms with Crippen molar-refractivity contribution in [1.29, 1.82) is 0 Å². The van der Waals surface area contributed by atoms with Gasteiger partial charge in [-0.1, -0.05) is 11.6 Å². The van der Waals surface area contributed by atoms with Gasteiger partial charge in [0.15, 0.2) is 11.5 Å². The molecule has 4 rings (SSSR count). The normalized spacial score (nSPS) is 16.6. The summed E-state index contributed by atoms with van der Waals surface area (Å²) in [6.07, 6.45) is 0.144. The van der Waals surface area contributed by atoms with E-state index in [2.05, 4.69) is 10.3 Å². The SMILES string of the molecule is COc1ccc(NC(=O)[C@@H]2CC(=O)N(c3ccc4oc(C)nc4c3)C2)cc1Cl. The van der Waals surface area contributed by atoms with Crippen LogP contribution < -0.4 is 15.0 Å². The van der Waals surface area contributed by atoms with Crippen molar-refractivity contribution in [3.05, 3.63) is 47.3 Å². The number of carbonyl (C=O) groups excluding carboxylic acids is 2. The molecule has 2 amide bonds. The minimum Gasteiger partial charge on any atom is -0.495 e. The Morgan fingerprint density at radius 1 is 1.32 bits per heavy atom. The topological polar surface area (TPSA) is 84.7 Å². The average Bonchev–Trinajstić information content (AvgIpc) is 3.23. The van der Waals surface area contributed by atoms with Gasteiger partial charge in [0.25, 0.3) is 0 Å². The Bertz CT molecular complexity index is 1080. The molecule has 0 bridgehead atoms. The second kappa shape index (κ2) is 7.16. The average molecular weight is 400 g/mol. The third kappa shape index (κ3) is 3.41. The Hall–Kier alpha value is -3.06. The Morgan fingerprint density at radius 2 is 2.14 bits per heavy atom. The van der Waals surface area contributed by atoms with E-state index in [9.17, 15) is 9.59 Å². The minimum absolute atomic E-state index is 0.104. The number of fused-ring (bicyclic) bond motifs is 1. The number of ether oxygens (including phenoxy) is 1. The molecule has 3 aromatic rings. The van der Waals surface area contributed by atoms with Gasteiger partial charge in [0.05, 0.1) is 18.1 Å². The summed E-state index contributed by atoms with van der Waals surface area (Å²) in [7, 11) is 1.52. The molecule has 1 N–H and O–H groups in total. The summed E-state index contributed by atoms with van der Waals surface area (Å²) >= 11 is 6.10. The molecule has 1 fully saturated rings. The van der Waals surface area contributed by atoms with Crippen LogP contribution in [0.15, 0.2) is 40.8 Å². The van der Waals surface area contributed by atoms with Crippen molar-refractivity contribution in [2.24, 2.45) is 5.92 Å². The van der Waals surface area contributed by atoms with Gasteiger partial charge in [-0.3, -0.25) is 9.59 Å². The summed E-state index contributed by atoms with van der Waals surface area (Å²) in [4.78, 5) is 31.0. The first-order valence-electron chi connectivity index (χ1n) is 8.76. The standard InChI is InChI=1S/C20H18ClN3O4/c1-11-22-16-9-14(4-6-18(16)28-11)24-10-12(7-19(24)25)20(26)23-13-3-5-17(27-2)15(21)8-13/h3-6,8-9,12H,7,10H2,1-2H3,(H,23,26)/t12-/m1/s1. The van der Waals surface area contributed by atoms with Crippen molar-refractivity contribution in [3.63, 3.8) is 0 Å². The van der Waals surface area contributed by atoms with E-state index in [0.29, 0.717) is 45.7 Å². The second-order valence-electron chi connectivity index (χ2n) is 6.63. The molecule has 28 heavy (non-hydrogen) atoms. The first-order chi connectivity index (χ1) is 13.4.